The topological polar surface area (TPSA) is 93.3 Å². The molecule has 0 aliphatic carbocycles. The van der Waals surface area contributed by atoms with Gasteiger partial charge < -0.3 is 18.6 Å². The fraction of sp³-hybridized carbons (Fsp3) is 0.471. The third-order valence-electron chi connectivity index (χ3n) is 4.81. The highest BCUT2D eigenvalue weighted by Crippen LogP contribution is 2.30. The van der Waals surface area contributed by atoms with Crippen molar-refractivity contribution in [1.82, 2.24) is 24.6 Å². The number of aromatic nitrogens is 4. The van der Waals surface area contributed by atoms with E-state index in [1.54, 1.807) is 24.8 Å². The third-order valence-corrected chi connectivity index (χ3v) is 4.81. The van der Waals surface area contributed by atoms with E-state index >= 15 is 0 Å². The van der Waals surface area contributed by atoms with Crippen LogP contribution < -0.4 is 0 Å². The molecule has 1 fully saturated rings. The highest BCUT2D eigenvalue weighted by molar-refractivity contribution is 5.51. The molecule has 4 heterocycles. The lowest BCUT2D eigenvalue weighted by molar-refractivity contribution is 0.0466. The maximum Gasteiger partial charge on any atom is 0.241 e. The summed E-state index contributed by atoms with van der Waals surface area (Å²) in [6.07, 6.45) is 8.08. The number of likely N-dealkylation sites (tertiary alicyclic amines) is 1. The minimum Gasteiger partial charge on any atom is -0.472 e. The number of rotatable bonds is 5. The second kappa shape index (κ2) is 6.81. The Balaban J connectivity index is 1.33. The molecule has 1 atom stereocenters. The van der Waals surface area contributed by atoms with Crippen molar-refractivity contribution < 1.29 is 14.0 Å². The number of imidazole rings is 1. The second-order valence-corrected chi connectivity index (χ2v) is 6.48. The zero-order valence-electron chi connectivity index (χ0n) is 14.1. The standard InChI is InChI=1S/C17H21N5O3/c1-21-8-5-18-17(21)15(23)12-2-6-22(7-3-12)10-14-19-16(20-25-14)13-4-9-24-11-13/h4-5,8-9,11-12,15,23H,2-3,6-7,10H2,1H3/t15-/m1/s1. The Morgan fingerprint density at radius 3 is 2.88 bits per heavy atom. The molecular weight excluding hydrogens is 322 g/mol. The number of aryl methyl sites for hydroxylation is 1. The van der Waals surface area contributed by atoms with Crippen LogP contribution in [0.15, 0.2) is 39.9 Å². The van der Waals surface area contributed by atoms with E-state index in [1.807, 2.05) is 17.8 Å². The van der Waals surface area contributed by atoms with Crippen LogP contribution in [0.4, 0.5) is 0 Å². The second-order valence-electron chi connectivity index (χ2n) is 6.48. The zero-order valence-corrected chi connectivity index (χ0v) is 14.1. The van der Waals surface area contributed by atoms with Gasteiger partial charge in [-0.1, -0.05) is 5.16 Å². The van der Waals surface area contributed by atoms with E-state index in [0.717, 1.165) is 37.3 Å². The average Bonchev–Trinajstić information content (AvgIpc) is 3.36. The number of furan rings is 1. The Morgan fingerprint density at radius 2 is 2.20 bits per heavy atom. The molecule has 0 unspecified atom stereocenters. The molecule has 0 aromatic carbocycles. The maximum absolute atomic E-state index is 10.5. The van der Waals surface area contributed by atoms with E-state index in [2.05, 4.69) is 20.0 Å². The fourth-order valence-corrected chi connectivity index (χ4v) is 3.32. The molecule has 25 heavy (non-hydrogen) atoms. The molecule has 1 N–H and O–H groups in total. The highest BCUT2D eigenvalue weighted by atomic mass is 16.5. The summed E-state index contributed by atoms with van der Waals surface area (Å²) >= 11 is 0. The molecule has 0 bridgehead atoms. The van der Waals surface area contributed by atoms with Crippen molar-refractivity contribution in [1.29, 1.82) is 0 Å². The first-order chi connectivity index (χ1) is 12.2. The Kier molecular flexibility index (Phi) is 4.37. The molecule has 1 aliphatic heterocycles. The van der Waals surface area contributed by atoms with E-state index in [-0.39, 0.29) is 5.92 Å². The minimum atomic E-state index is -0.516. The van der Waals surface area contributed by atoms with E-state index in [0.29, 0.717) is 18.3 Å². The molecule has 0 amide bonds. The monoisotopic (exact) mass is 343 g/mol. The van der Waals surface area contributed by atoms with Crippen molar-refractivity contribution in [3.8, 4) is 11.4 Å². The van der Waals surface area contributed by atoms with E-state index < -0.39 is 6.10 Å². The van der Waals surface area contributed by atoms with Crippen molar-refractivity contribution in [2.45, 2.75) is 25.5 Å². The molecule has 132 valence electrons. The Labute approximate surface area is 145 Å². The van der Waals surface area contributed by atoms with Gasteiger partial charge in [-0.2, -0.15) is 4.98 Å². The molecule has 8 heteroatoms. The van der Waals surface area contributed by atoms with Gasteiger partial charge in [0.25, 0.3) is 0 Å². The Hall–Kier alpha value is -2.45. The van der Waals surface area contributed by atoms with Gasteiger partial charge in [0, 0.05) is 19.4 Å². The molecule has 0 spiro atoms. The van der Waals surface area contributed by atoms with Gasteiger partial charge in [-0.25, -0.2) is 4.98 Å². The van der Waals surface area contributed by atoms with E-state index in [4.69, 9.17) is 8.94 Å². The SMILES string of the molecule is Cn1ccnc1[C@H](O)C1CCN(Cc2nc(-c3ccoc3)no2)CC1. The zero-order chi connectivity index (χ0) is 17.2. The van der Waals surface area contributed by atoms with E-state index in [1.165, 1.54) is 0 Å². The van der Waals surface area contributed by atoms with E-state index in [9.17, 15) is 5.11 Å². The first-order valence-corrected chi connectivity index (χ1v) is 8.43. The number of aliphatic hydroxyl groups is 1. The van der Waals surface area contributed by atoms with Gasteiger partial charge in [-0.05, 0) is 37.9 Å². The van der Waals surface area contributed by atoms with Gasteiger partial charge in [0.15, 0.2) is 0 Å². The first-order valence-electron chi connectivity index (χ1n) is 8.43. The molecule has 3 aromatic rings. The van der Waals surface area contributed by atoms with Crippen LogP contribution in [0.2, 0.25) is 0 Å². The summed E-state index contributed by atoms with van der Waals surface area (Å²) in [6.45, 7) is 2.39. The van der Waals surface area contributed by atoms with Crippen LogP contribution in [-0.4, -0.2) is 42.8 Å². The van der Waals surface area contributed by atoms with Crippen molar-refractivity contribution in [2.75, 3.05) is 13.1 Å². The quantitative estimate of drug-likeness (QED) is 0.757. The van der Waals surface area contributed by atoms with Gasteiger partial charge >= 0.3 is 0 Å². The lowest BCUT2D eigenvalue weighted by Crippen LogP contribution is -2.35. The number of hydrogen-bond acceptors (Lipinski definition) is 7. The van der Waals surface area contributed by atoms with Crippen molar-refractivity contribution >= 4 is 0 Å². The number of aliphatic hydroxyl groups excluding tert-OH is 1. The Morgan fingerprint density at radius 1 is 1.36 bits per heavy atom. The minimum absolute atomic E-state index is 0.224. The number of nitrogens with zero attached hydrogens (tertiary/aromatic N) is 5. The summed E-state index contributed by atoms with van der Waals surface area (Å²) in [5, 5.41) is 14.5. The number of hydrogen-bond donors (Lipinski definition) is 1. The summed E-state index contributed by atoms with van der Waals surface area (Å²) in [7, 11) is 1.91. The molecule has 8 nitrogen and oxygen atoms in total. The molecule has 4 rings (SSSR count). The van der Waals surface area contributed by atoms with Crippen LogP contribution in [0, 0.1) is 5.92 Å². The summed E-state index contributed by atoms with van der Waals surface area (Å²) < 4.78 is 12.3. The van der Waals surface area contributed by atoms with Crippen molar-refractivity contribution in [3.05, 3.63) is 42.7 Å². The van der Waals surface area contributed by atoms with Crippen LogP contribution in [0.3, 0.4) is 0 Å². The van der Waals surface area contributed by atoms with Gasteiger partial charge in [0.2, 0.25) is 11.7 Å². The fourth-order valence-electron chi connectivity index (χ4n) is 3.32. The van der Waals surface area contributed by atoms with Crippen LogP contribution in [0.25, 0.3) is 11.4 Å². The van der Waals surface area contributed by atoms with Crippen LogP contribution >= 0.6 is 0 Å². The third kappa shape index (κ3) is 3.35. The van der Waals surface area contributed by atoms with Crippen LogP contribution in [0.5, 0.6) is 0 Å². The molecule has 0 saturated carbocycles. The largest absolute Gasteiger partial charge is 0.472 e. The van der Waals surface area contributed by atoms with Gasteiger partial charge in [-0.3, -0.25) is 4.90 Å². The number of piperidine rings is 1. The van der Waals surface area contributed by atoms with Gasteiger partial charge in [0.05, 0.1) is 18.4 Å². The lowest BCUT2D eigenvalue weighted by atomic mass is 9.91. The van der Waals surface area contributed by atoms with Crippen LogP contribution in [-0.2, 0) is 13.6 Å². The molecule has 3 aromatic heterocycles. The van der Waals surface area contributed by atoms with Crippen molar-refractivity contribution in [3.63, 3.8) is 0 Å². The molecule has 1 aliphatic rings. The summed E-state index contributed by atoms with van der Waals surface area (Å²) in [6, 6.07) is 1.80. The normalized spacial score (nSPS) is 17.8. The predicted molar refractivity (Wildman–Crippen MR) is 88.2 cm³/mol. The van der Waals surface area contributed by atoms with Gasteiger partial charge in [0.1, 0.15) is 18.2 Å². The van der Waals surface area contributed by atoms with Gasteiger partial charge in [-0.15, -0.1) is 0 Å². The Bertz CT molecular complexity index is 802. The maximum atomic E-state index is 10.5. The molecule has 0 radical (unpaired) electrons. The van der Waals surface area contributed by atoms with Crippen LogP contribution in [0.1, 0.15) is 30.7 Å². The highest BCUT2D eigenvalue weighted by Gasteiger charge is 2.29. The summed E-state index contributed by atoms with van der Waals surface area (Å²) in [4.78, 5) is 10.9. The molecular formula is C17H21N5O3. The predicted octanol–water partition coefficient (Wildman–Crippen LogP) is 2.01. The van der Waals surface area contributed by atoms with Crippen molar-refractivity contribution in [2.24, 2.45) is 13.0 Å². The smallest absolute Gasteiger partial charge is 0.241 e. The first kappa shape index (κ1) is 16.0. The average molecular weight is 343 g/mol. The summed E-state index contributed by atoms with van der Waals surface area (Å²) in [5.41, 5.74) is 0.812. The summed E-state index contributed by atoms with van der Waals surface area (Å²) in [5.74, 6) is 2.10. The lowest BCUT2D eigenvalue weighted by Gasteiger charge is -2.33. The molecule has 1 saturated heterocycles.